The lowest BCUT2D eigenvalue weighted by Gasteiger charge is -1.91. The van der Waals surface area contributed by atoms with Crippen LogP contribution < -0.4 is 0 Å². The van der Waals surface area contributed by atoms with Crippen LogP contribution in [0.3, 0.4) is 0 Å². The molecule has 0 atom stereocenters. The third-order valence-corrected chi connectivity index (χ3v) is 2.91. The fourth-order valence-corrected chi connectivity index (χ4v) is 2.14. The van der Waals surface area contributed by atoms with Gasteiger partial charge in [-0.3, -0.25) is 0 Å². The van der Waals surface area contributed by atoms with Crippen molar-refractivity contribution in [2.45, 2.75) is 13.8 Å². The molecule has 0 spiro atoms. The molecule has 0 saturated carbocycles. The molecule has 0 bridgehead atoms. The summed E-state index contributed by atoms with van der Waals surface area (Å²) >= 11 is 6.55. The Bertz CT molecular complexity index is 478. The minimum Gasteiger partial charge on any atom is -0.466 e. The van der Waals surface area contributed by atoms with Gasteiger partial charge in [0.1, 0.15) is 11.5 Å². The standard InChI is InChI=1S/C9H9NOS2/c1-5-3-7(6(2)11-5)8-4-13-9(12)10-8/h3-4H,1-2H3,(H,10,12). The van der Waals surface area contributed by atoms with Gasteiger partial charge >= 0.3 is 0 Å². The van der Waals surface area contributed by atoms with E-state index in [2.05, 4.69) is 4.98 Å². The van der Waals surface area contributed by atoms with Crippen molar-refractivity contribution < 1.29 is 4.42 Å². The molecule has 0 aliphatic carbocycles. The highest BCUT2D eigenvalue weighted by Crippen LogP contribution is 2.26. The van der Waals surface area contributed by atoms with Gasteiger partial charge in [-0.15, -0.1) is 11.3 Å². The van der Waals surface area contributed by atoms with E-state index < -0.39 is 0 Å². The molecule has 0 aliphatic heterocycles. The van der Waals surface area contributed by atoms with Crippen LogP contribution in [-0.2, 0) is 0 Å². The number of H-pyrrole nitrogens is 1. The fraction of sp³-hybridized carbons (Fsp3) is 0.222. The molecule has 68 valence electrons. The highest BCUT2D eigenvalue weighted by atomic mass is 32.1. The average molecular weight is 211 g/mol. The molecular formula is C9H9NOS2. The lowest BCUT2D eigenvalue weighted by Crippen LogP contribution is -1.75. The van der Waals surface area contributed by atoms with Crippen LogP contribution in [0.15, 0.2) is 15.9 Å². The fourth-order valence-electron chi connectivity index (χ4n) is 1.31. The summed E-state index contributed by atoms with van der Waals surface area (Å²) in [6.45, 7) is 3.90. The second-order valence-corrected chi connectivity index (χ2v) is 4.44. The average Bonchev–Trinajstić information content (AvgIpc) is 2.58. The molecule has 1 N–H and O–H groups in total. The van der Waals surface area contributed by atoms with Gasteiger partial charge in [0.15, 0.2) is 3.95 Å². The van der Waals surface area contributed by atoms with Crippen LogP contribution in [0.1, 0.15) is 11.5 Å². The molecule has 0 aliphatic rings. The summed E-state index contributed by atoms with van der Waals surface area (Å²) < 4.78 is 6.23. The van der Waals surface area contributed by atoms with Crippen molar-refractivity contribution in [2.24, 2.45) is 0 Å². The highest BCUT2D eigenvalue weighted by Gasteiger charge is 2.07. The van der Waals surface area contributed by atoms with Gasteiger partial charge in [-0.2, -0.15) is 0 Å². The minimum absolute atomic E-state index is 0.799. The zero-order valence-electron chi connectivity index (χ0n) is 7.38. The number of aryl methyl sites for hydroxylation is 2. The van der Waals surface area contributed by atoms with Crippen molar-refractivity contribution in [3.63, 3.8) is 0 Å². The summed E-state index contributed by atoms with van der Waals surface area (Å²) in [6.07, 6.45) is 0. The van der Waals surface area contributed by atoms with E-state index in [1.54, 1.807) is 0 Å². The van der Waals surface area contributed by atoms with Crippen LogP contribution in [0.2, 0.25) is 0 Å². The van der Waals surface area contributed by atoms with E-state index >= 15 is 0 Å². The van der Waals surface area contributed by atoms with Crippen LogP contribution >= 0.6 is 23.6 Å². The van der Waals surface area contributed by atoms with E-state index in [1.165, 1.54) is 11.3 Å². The van der Waals surface area contributed by atoms with Gasteiger partial charge < -0.3 is 9.40 Å². The van der Waals surface area contributed by atoms with Crippen LogP contribution in [0, 0.1) is 17.8 Å². The van der Waals surface area contributed by atoms with E-state index in [-0.39, 0.29) is 0 Å². The first kappa shape index (κ1) is 8.72. The first-order valence-electron chi connectivity index (χ1n) is 3.92. The van der Waals surface area contributed by atoms with Crippen molar-refractivity contribution in [3.05, 3.63) is 26.9 Å². The predicted molar refractivity (Wildman–Crippen MR) is 56.7 cm³/mol. The maximum absolute atomic E-state index is 5.43. The maximum atomic E-state index is 5.43. The smallest absolute Gasteiger partial charge is 0.158 e. The zero-order chi connectivity index (χ0) is 9.42. The molecule has 2 heterocycles. The second-order valence-electron chi connectivity index (χ2n) is 2.89. The quantitative estimate of drug-likeness (QED) is 0.729. The first-order valence-corrected chi connectivity index (χ1v) is 5.21. The first-order chi connectivity index (χ1) is 6.16. The van der Waals surface area contributed by atoms with Crippen LogP contribution in [0.25, 0.3) is 11.3 Å². The number of hydrogen-bond acceptors (Lipinski definition) is 3. The zero-order valence-corrected chi connectivity index (χ0v) is 9.01. The van der Waals surface area contributed by atoms with Crippen LogP contribution in [0.5, 0.6) is 0 Å². The van der Waals surface area contributed by atoms with Crippen molar-refractivity contribution in [1.29, 1.82) is 0 Å². The van der Waals surface area contributed by atoms with Gasteiger partial charge in [0.05, 0.1) is 5.69 Å². The van der Waals surface area contributed by atoms with Gasteiger partial charge in [-0.05, 0) is 32.1 Å². The molecule has 13 heavy (non-hydrogen) atoms. The summed E-state index contributed by atoms with van der Waals surface area (Å²) in [7, 11) is 0. The summed E-state index contributed by atoms with van der Waals surface area (Å²) in [4.78, 5) is 3.12. The molecule has 0 fully saturated rings. The molecule has 0 aromatic carbocycles. The van der Waals surface area contributed by atoms with Gasteiger partial charge in [-0.25, -0.2) is 0 Å². The Morgan fingerprint density at radius 3 is 2.69 bits per heavy atom. The summed E-state index contributed by atoms with van der Waals surface area (Å²) in [5, 5.41) is 2.01. The Morgan fingerprint density at radius 1 is 1.46 bits per heavy atom. The number of furan rings is 1. The number of nitrogens with one attached hydrogen (secondary N) is 1. The molecule has 0 amide bonds. The molecule has 2 nitrogen and oxygen atoms in total. The Labute approximate surface area is 85.2 Å². The number of aromatic amines is 1. The molecule has 2 rings (SSSR count). The third kappa shape index (κ3) is 1.59. The number of aromatic nitrogens is 1. The SMILES string of the molecule is Cc1cc(-c2csc(=S)[nH]2)c(C)o1. The lowest BCUT2D eigenvalue weighted by molar-refractivity contribution is 0.505. The van der Waals surface area contributed by atoms with E-state index in [0.29, 0.717) is 0 Å². The van der Waals surface area contributed by atoms with Crippen molar-refractivity contribution in [3.8, 4) is 11.3 Å². The minimum atomic E-state index is 0.799. The highest BCUT2D eigenvalue weighted by molar-refractivity contribution is 7.73. The Hall–Kier alpha value is -0.870. The predicted octanol–water partition coefficient (Wildman–Crippen LogP) is 3.68. The van der Waals surface area contributed by atoms with E-state index in [0.717, 1.165) is 26.7 Å². The molecule has 4 heteroatoms. The summed E-state index contributed by atoms with van der Waals surface area (Å²) in [5.41, 5.74) is 2.15. The number of thiazole rings is 1. The Morgan fingerprint density at radius 2 is 2.23 bits per heavy atom. The van der Waals surface area contributed by atoms with E-state index in [1.807, 2.05) is 25.3 Å². The van der Waals surface area contributed by atoms with Gasteiger partial charge in [-0.1, -0.05) is 0 Å². The van der Waals surface area contributed by atoms with Gasteiger partial charge in [0, 0.05) is 10.9 Å². The molecule has 0 saturated heterocycles. The number of rotatable bonds is 1. The lowest BCUT2D eigenvalue weighted by atomic mass is 10.2. The van der Waals surface area contributed by atoms with Gasteiger partial charge in [0.2, 0.25) is 0 Å². The molecule has 0 radical (unpaired) electrons. The van der Waals surface area contributed by atoms with Crippen molar-refractivity contribution in [2.75, 3.05) is 0 Å². The summed E-state index contributed by atoms with van der Waals surface area (Å²) in [6, 6.07) is 2.02. The molecule has 2 aromatic heterocycles. The third-order valence-electron chi connectivity index (χ3n) is 1.85. The largest absolute Gasteiger partial charge is 0.466 e. The van der Waals surface area contributed by atoms with Crippen molar-refractivity contribution >= 4 is 23.6 Å². The van der Waals surface area contributed by atoms with Gasteiger partial charge in [0.25, 0.3) is 0 Å². The monoisotopic (exact) mass is 211 g/mol. The van der Waals surface area contributed by atoms with Crippen LogP contribution in [0.4, 0.5) is 0 Å². The van der Waals surface area contributed by atoms with E-state index in [4.69, 9.17) is 16.6 Å². The normalized spacial score (nSPS) is 10.6. The molecule has 2 aromatic rings. The molecule has 0 unspecified atom stereocenters. The van der Waals surface area contributed by atoms with Crippen LogP contribution in [-0.4, -0.2) is 4.98 Å². The molecular weight excluding hydrogens is 202 g/mol. The number of hydrogen-bond donors (Lipinski definition) is 1. The Balaban J connectivity index is 2.57. The topological polar surface area (TPSA) is 28.9 Å². The Kier molecular flexibility index (Phi) is 2.09. The second kappa shape index (κ2) is 3.12. The van der Waals surface area contributed by atoms with E-state index in [9.17, 15) is 0 Å². The summed E-state index contributed by atoms with van der Waals surface area (Å²) in [5.74, 6) is 1.86. The van der Waals surface area contributed by atoms with Crippen molar-refractivity contribution in [1.82, 2.24) is 4.98 Å². The maximum Gasteiger partial charge on any atom is 0.158 e.